The van der Waals surface area contributed by atoms with Crippen LogP contribution >= 0.6 is 0 Å². The van der Waals surface area contributed by atoms with Gasteiger partial charge in [0, 0.05) is 30.1 Å². The van der Waals surface area contributed by atoms with E-state index >= 15 is 0 Å². The second-order valence-corrected chi connectivity index (χ2v) is 7.51. The van der Waals surface area contributed by atoms with Crippen LogP contribution in [0, 0.1) is 0 Å². The first-order valence-corrected chi connectivity index (χ1v) is 10.3. The third kappa shape index (κ3) is 6.06. The standard InChI is InChI=1S/C23H32N2O3/c1-2-3-12-26-21-8-4-17(5-9-21)18-6-10-22(11-7-18)27-16-28-23-14-19(24)13-20(25)15-23/h6-7,10-11,13-15,17,21H,2-5,8-9,12,16,24-25H2,1H3. The van der Waals surface area contributed by atoms with Crippen molar-refractivity contribution in [3.05, 3.63) is 48.0 Å². The fourth-order valence-electron chi connectivity index (χ4n) is 3.69. The van der Waals surface area contributed by atoms with Crippen molar-refractivity contribution >= 4 is 11.4 Å². The molecule has 2 aromatic carbocycles. The first-order valence-electron chi connectivity index (χ1n) is 10.3. The van der Waals surface area contributed by atoms with Gasteiger partial charge >= 0.3 is 0 Å². The summed E-state index contributed by atoms with van der Waals surface area (Å²) < 4.78 is 17.2. The van der Waals surface area contributed by atoms with Gasteiger partial charge in [-0.2, -0.15) is 0 Å². The Morgan fingerprint density at radius 3 is 2.14 bits per heavy atom. The number of rotatable bonds is 9. The maximum absolute atomic E-state index is 5.97. The first kappa shape index (κ1) is 20.3. The molecule has 0 aliphatic heterocycles. The third-order valence-electron chi connectivity index (χ3n) is 5.28. The molecule has 0 radical (unpaired) electrons. The van der Waals surface area contributed by atoms with Gasteiger partial charge in [-0.1, -0.05) is 25.5 Å². The molecule has 0 unspecified atom stereocenters. The van der Waals surface area contributed by atoms with Crippen LogP contribution in [0.3, 0.4) is 0 Å². The van der Waals surface area contributed by atoms with Crippen molar-refractivity contribution in [3.63, 3.8) is 0 Å². The Morgan fingerprint density at radius 2 is 1.50 bits per heavy atom. The van der Waals surface area contributed by atoms with Gasteiger partial charge in [0.2, 0.25) is 6.79 Å². The summed E-state index contributed by atoms with van der Waals surface area (Å²) in [7, 11) is 0. The molecule has 0 saturated heterocycles. The Hall–Kier alpha value is -2.40. The summed E-state index contributed by atoms with van der Waals surface area (Å²) in [5.41, 5.74) is 14.0. The zero-order chi connectivity index (χ0) is 19.8. The van der Waals surface area contributed by atoms with Crippen LogP contribution in [0.2, 0.25) is 0 Å². The second-order valence-electron chi connectivity index (χ2n) is 7.51. The predicted molar refractivity (Wildman–Crippen MR) is 114 cm³/mol. The molecule has 28 heavy (non-hydrogen) atoms. The molecule has 1 fully saturated rings. The topological polar surface area (TPSA) is 79.7 Å². The average molecular weight is 385 g/mol. The Kier molecular flexibility index (Phi) is 7.43. The van der Waals surface area contributed by atoms with E-state index in [1.807, 2.05) is 12.1 Å². The monoisotopic (exact) mass is 384 g/mol. The molecule has 3 rings (SSSR count). The molecule has 0 heterocycles. The van der Waals surface area contributed by atoms with Crippen LogP contribution in [0.25, 0.3) is 0 Å². The quantitative estimate of drug-likeness (QED) is 0.357. The van der Waals surface area contributed by atoms with Crippen LogP contribution < -0.4 is 20.9 Å². The molecule has 0 aromatic heterocycles. The number of hydrogen-bond acceptors (Lipinski definition) is 5. The lowest BCUT2D eigenvalue weighted by Gasteiger charge is -2.29. The number of nitrogens with two attached hydrogens (primary N) is 2. The molecule has 0 spiro atoms. The van der Waals surface area contributed by atoms with Gasteiger partial charge in [-0.15, -0.1) is 0 Å². The van der Waals surface area contributed by atoms with Crippen molar-refractivity contribution < 1.29 is 14.2 Å². The van der Waals surface area contributed by atoms with Gasteiger partial charge in [-0.25, -0.2) is 0 Å². The number of anilines is 2. The van der Waals surface area contributed by atoms with E-state index in [0.29, 0.717) is 29.1 Å². The number of unbranched alkanes of at least 4 members (excludes halogenated alkanes) is 1. The summed E-state index contributed by atoms with van der Waals surface area (Å²) in [4.78, 5) is 0. The van der Waals surface area contributed by atoms with Gasteiger partial charge in [-0.3, -0.25) is 0 Å². The highest BCUT2D eigenvalue weighted by Gasteiger charge is 2.22. The zero-order valence-corrected chi connectivity index (χ0v) is 16.7. The maximum atomic E-state index is 5.97. The molecule has 1 aliphatic carbocycles. The fourth-order valence-corrected chi connectivity index (χ4v) is 3.69. The minimum absolute atomic E-state index is 0.114. The van der Waals surface area contributed by atoms with E-state index in [-0.39, 0.29) is 6.79 Å². The maximum Gasteiger partial charge on any atom is 0.230 e. The van der Waals surface area contributed by atoms with Crippen molar-refractivity contribution in [2.75, 3.05) is 24.9 Å². The molecule has 4 N–H and O–H groups in total. The molecule has 0 amide bonds. The Labute approximate surface area is 168 Å². The number of ether oxygens (including phenoxy) is 3. The molecular formula is C23H32N2O3. The molecule has 152 valence electrons. The number of hydrogen-bond donors (Lipinski definition) is 2. The molecule has 0 bridgehead atoms. The highest BCUT2D eigenvalue weighted by molar-refractivity contribution is 5.56. The molecular weight excluding hydrogens is 352 g/mol. The van der Waals surface area contributed by atoms with Crippen LogP contribution in [0.5, 0.6) is 11.5 Å². The minimum Gasteiger partial charge on any atom is -0.458 e. The van der Waals surface area contributed by atoms with Crippen molar-refractivity contribution in [3.8, 4) is 11.5 Å². The van der Waals surface area contributed by atoms with Crippen molar-refractivity contribution in [2.24, 2.45) is 0 Å². The van der Waals surface area contributed by atoms with E-state index in [9.17, 15) is 0 Å². The average Bonchev–Trinajstić information content (AvgIpc) is 2.69. The first-order chi connectivity index (χ1) is 13.6. The largest absolute Gasteiger partial charge is 0.458 e. The van der Waals surface area contributed by atoms with E-state index in [0.717, 1.165) is 31.6 Å². The molecule has 2 aromatic rings. The lowest BCUT2D eigenvalue weighted by atomic mass is 9.83. The van der Waals surface area contributed by atoms with E-state index < -0.39 is 0 Å². The molecule has 5 heteroatoms. The summed E-state index contributed by atoms with van der Waals surface area (Å²) in [5.74, 6) is 2.01. The van der Waals surface area contributed by atoms with Crippen LogP contribution in [0.1, 0.15) is 56.9 Å². The van der Waals surface area contributed by atoms with Crippen LogP contribution in [0.15, 0.2) is 42.5 Å². The van der Waals surface area contributed by atoms with Gasteiger partial charge < -0.3 is 25.7 Å². The third-order valence-corrected chi connectivity index (χ3v) is 5.28. The van der Waals surface area contributed by atoms with E-state index in [2.05, 4.69) is 19.1 Å². The highest BCUT2D eigenvalue weighted by Crippen LogP contribution is 2.34. The van der Waals surface area contributed by atoms with Crippen LogP contribution in [-0.2, 0) is 4.74 Å². The SMILES string of the molecule is CCCCOC1CCC(c2ccc(OCOc3cc(N)cc(N)c3)cc2)CC1. The van der Waals surface area contributed by atoms with E-state index in [1.165, 1.54) is 24.8 Å². The summed E-state index contributed by atoms with van der Waals surface area (Å²) >= 11 is 0. The molecule has 5 nitrogen and oxygen atoms in total. The number of nitrogen functional groups attached to an aromatic ring is 2. The summed E-state index contributed by atoms with van der Waals surface area (Å²) in [6, 6.07) is 13.5. The molecule has 1 aliphatic rings. The van der Waals surface area contributed by atoms with Gasteiger partial charge in [0.25, 0.3) is 0 Å². The lowest BCUT2D eigenvalue weighted by molar-refractivity contribution is 0.0232. The van der Waals surface area contributed by atoms with E-state index in [4.69, 9.17) is 25.7 Å². The normalized spacial score (nSPS) is 19.3. The van der Waals surface area contributed by atoms with Gasteiger partial charge in [0.05, 0.1) is 6.10 Å². The van der Waals surface area contributed by atoms with Crippen LogP contribution in [-0.4, -0.2) is 19.5 Å². The predicted octanol–water partition coefficient (Wildman–Crippen LogP) is 5.11. The summed E-state index contributed by atoms with van der Waals surface area (Å²) in [6.07, 6.45) is 7.50. The van der Waals surface area contributed by atoms with Crippen molar-refractivity contribution in [1.82, 2.24) is 0 Å². The van der Waals surface area contributed by atoms with Gasteiger partial charge in [0.1, 0.15) is 11.5 Å². The van der Waals surface area contributed by atoms with E-state index in [1.54, 1.807) is 18.2 Å². The second kappa shape index (κ2) is 10.2. The lowest BCUT2D eigenvalue weighted by Crippen LogP contribution is -2.21. The molecule has 1 saturated carbocycles. The summed E-state index contributed by atoms with van der Waals surface area (Å²) in [5, 5.41) is 0. The highest BCUT2D eigenvalue weighted by atomic mass is 16.7. The molecule has 0 atom stereocenters. The van der Waals surface area contributed by atoms with Gasteiger partial charge in [-0.05, 0) is 61.8 Å². The Balaban J connectivity index is 1.42. The summed E-state index contributed by atoms with van der Waals surface area (Å²) in [6.45, 7) is 3.22. The smallest absolute Gasteiger partial charge is 0.230 e. The van der Waals surface area contributed by atoms with Crippen molar-refractivity contribution in [2.45, 2.75) is 57.5 Å². The zero-order valence-electron chi connectivity index (χ0n) is 16.7. The van der Waals surface area contributed by atoms with Crippen LogP contribution in [0.4, 0.5) is 11.4 Å². The van der Waals surface area contributed by atoms with Crippen molar-refractivity contribution in [1.29, 1.82) is 0 Å². The Morgan fingerprint density at radius 1 is 0.857 bits per heavy atom. The Bertz CT molecular complexity index is 705. The minimum atomic E-state index is 0.114. The fraction of sp³-hybridized carbons (Fsp3) is 0.478. The number of benzene rings is 2. The van der Waals surface area contributed by atoms with Gasteiger partial charge in [0.15, 0.2) is 0 Å².